The maximum atomic E-state index is 5.86. The molecular weight excluding hydrogens is 292 g/mol. The van der Waals surface area contributed by atoms with Crippen LogP contribution in [-0.2, 0) is 21.4 Å². The van der Waals surface area contributed by atoms with E-state index in [0.29, 0.717) is 0 Å². The summed E-state index contributed by atoms with van der Waals surface area (Å²) < 4.78 is 13.9. The SMILES string of the molecule is CC1CN(c2nnc(C(C)(C)C)n2CC2CCCO2)CCCO1. The van der Waals surface area contributed by atoms with Gasteiger partial charge in [0.2, 0.25) is 5.95 Å². The van der Waals surface area contributed by atoms with Gasteiger partial charge in [0.25, 0.3) is 0 Å². The van der Waals surface area contributed by atoms with Crippen molar-refractivity contribution in [2.45, 2.75) is 71.1 Å². The molecule has 23 heavy (non-hydrogen) atoms. The Hall–Kier alpha value is -1.14. The van der Waals surface area contributed by atoms with Gasteiger partial charge in [0.1, 0.15) is 5.82 Å². The van der Waals surface area contributed by atoms with Crippen molar-refractivity contribution in [3.05, 3.63) is 5.82 Å². The minimum atomic E-state index is -0.0299. The monoisotopic (exact) mass is 322 g/mol. The van der Waals surface area contributed by atoms with Gasteiger partial charge in [-0.05, 0) is 26.2 Å². The van der Waals surface area contributed by atoms with Crippen molar-refractivity contribution < 1.29 is 9.47 Å². The van der Waals surface area contributed by atoms with E-state index < -0.39 is 0 Å². The first-order valence-electron chi connectivity index (χ1n) is 8.87. The molecule has 6 heteroatoms. The molecule has 1 aromatic rings. The van der Waals surface area contributed by atoms with Crippen LogP contribution in [0.2, 0.25) is 0 Å². The van der Waals surface area contributed by atoms with E-state index in [0.717, 1.165) is 63.9 Å². The number of hydrogen-bond acceptors (Lipinski definition) is 5. The summed E-state index contributed by atoms with van der Waals surface area (Å²) in [5.41, 5.74) is -0.0299. The Morgan fingerprint density at radius 1 is 1.13 bits per heavy atom. The van der Waals surface area contributed by atoms with E-state index in [4.69, 9.17) is 9.47 Å². The second kappa shape index (κ2) is 6.77. The van der Waals surface area contributed by atoms with Crippen molar-refractivity contribution in [2.75, 3.05) is 31.2 Å². The molecule has 130 valence electrons. The number of nitrogens with zero attached hydrogens (tertiary/aromatic N) is 4. The van der Waals surface area contributed by atoms with Crippen molar-refractivity contribution in [2.24, 2.45) is 0 Å². The molecule has 3 rings (SSSR count). The first-order chi connectivity index (χ1) is 10.9. The lowest BCUT2D eigenvalue weighted by Gasteiger charge is -2.27. The summed E-state index contributed by atoms with van der Waals surface area (Å²) in [6, 6.07) is 0. The Bertz CT molecular complexity index is 517. The average molecular weight is 322 g/mol. The summed E-state index contributed by atoms with van der Waals surface area (Å²) in [6.45, 7) is 13.1. The zero-order valence-electron chi connectivity index (χ0n) is 14.9. The topological polar surface area (TPSA) is 52.4 Å². The van der Waals surface area contributed by atoms with E-state index in [9.17, 15) is 0 Å². The molecule has 0 amide bonds. The summed E-state index contributed by atoms with van der Waals surface area (Å²) in [6.07, 6.45) is 3.82. The van der Waals surface area contributed by atoms with Gasteiger partial charge in [-0.15, -0.1) is 10.2 Å². The minimum Gasteiger partial charge on any atom is -0.377 e. The molecule has 0 aromatic carbocycles. The number of aromatic nitrogens is 3. The highest BCUT2D eigenvalue weighted by molar-refractivity contribution is 5.33. The molecule has 2 unspecified atom stereocenters. The van der Waals surface area contributed by atoms with Crippen LogP contribution in [0.1, 0.15) is 52.8 Å². The highest BCUT2D eigenvalue weighted by atomic mass is 16.5. The number of rotatable bonds is 3. The van der Waals surface area contributed by atoms with Gasteiger partial charge in [-0.1, -0.05) is 20.8 Å². The van der Waals surface area contributed by atoms with E-state index in [-0.39, 0.29) is 17.6 Å². The fourth-order valence-corrected chi connectivity index (χ4v) is 3.42. The lowest BCUT2D eigenvalue weighted by atomic mass is 9.95. The van der Waals surface area contributed by atoms with E-state index in [1.807, 2.05) is 0 Å². The smallest absolute Gasteiger partial charge is 0.227 e. The van der Waals surface area contributed by atoms with Crippen LogP contribution in [0.4, 0.5) is 5.95 Å². The van der Waals surface area contributed by atoms with Gasteiger partial charge in [-0.3, -0.25) is 4.57 Å². The molecule has 0 aliphatic carbocycles. The van der Waals surface area contributed by atoms with Crippen molar-refractivity contribution in [1.82, 2.24) is 14.8 Å². The number of ether oxygens (including phenoxy) is 2. The summed E-state index contributed by atoms with van der Waals surface area (Å²) in [5, 5.41) is 9.09. The Morgan fingerprint density at radius 3 is 2.61 bits per heavy atom. The molecule has 0 N–H and O–H groups in total. The van der Waals surface area contributed by atoms with E-state index in [1.54, 1.807) is 0 Å². The normalized spacial score (nSPS) is 26.5. The Labute approximate surface area is 139 Å². The van der Waals surface area contributed by atoms with Crippen molar-refractivity contribution in [3.63, 3.8) is 0 Å². The quantitative estimate of drug-likeness (QED) is 0.855. The van der Waals surface area contributed by atoms with Gasteiger partial charge in [-0.2, -0.15) is 0 Å². The van der Waals surface area contributed by atoms with Gasteiger partial charge in [0, 0.05) is 31.7 Å². The maximum absolute atomic E-state index is 5.86. The molecule has 0 radical (unpaired) electrons. The van der Waals surface area contributed by atoms with Gasteiger partial charge < -0.3 is 14.4 Å². The lowest BCUT2D eigenvalue weighted by Crippen LogP contribution is -2.34. The highest BCUT2D eigenvalue weighted by Gasteiger charge is 2.29. The van der Waals surface area contributed by atoms with E-state index in [2.05, 4.69) is 47.4 Å². The zero-order valence-corrected chi connectivity index (χ0v) is 14.9. The van der Waals surface area contributed by atoms with E-state index in [1.165, 1.54) is 0 Å². The number of anilines is 1. The van der Waals surface area contributed by atoms with Crippen LogP contribution >= 0.6 is 0 Å². The van der Waals surface area contributed by atoms with Crippen LogP contribution in [0.5, 0.6) is 0 Å². The van der Waals surface area contributed by atoms with Gasteiger partial charge >= 0.3 is 0 Å². The molecule has 2 saturated heterocycles. The molecule has 0 spiro atoms. The third-order valence-electron chi connectivity index (χ3n) is 4.55. The Balaban J connectivity index is 1.90. The van der Waals surface area contributed by atoms with Crippen LogP contribution < -0.4 is 4.90 Å². The second-order valence-electron chi connectivity index (χ2n) is 7.80. The highest BCUT2D eigenvalue weighted by Crippen LogP contribution is 2.27. The molecule has 0 saturated carbocycles. The van der Waals surface area contributed by atoms with Crippen LogP contribution in [0.3, 0.4) is 0 Å². The summed E-state index contributed by atoms with van der Waals surface area (Å²) >= 11 is 0. The zero-order chi connectivity index (χ0) is 16.4. The van der Waals surface area contributed by atoms with Crippen LogP contribution in [0.15, 0.2) is 0 Å². The lowest BCUT2D eigenvalue weighted by molar-refractivity contribution is 0.0817. The molecule has 0 bridgehead atoms. The Morgan fingerprint density at radius 2 is 1.91 bits per heavy atom. The third-order valence-corrected chi connectivity index (χ3v) is 4.55. The van der Waals surface area contributed by atoms with Crippen molar-refractivity contribution >= 4 is 5.95 Å². The fourth-order valence-electron chi connectivity index (χ4n) is 3.42. The molecule has 3 heterocycles. The van der Waals surface area contributed by atoms with Gasteiger partial charge in [0.05, 0.1) is 18.8 Å². The van der Waals surface area contributed by atoms with Gasteiger partial charge in [0.15, 0.2) is 0 Å². The fraction of sp³-hybridized carbons (Fsp3) is 0.882. The molecule has 6 nitrogen and oxygen atoms in total. The van der Waals surface area contributed by atoms with Crippen molar-refractivity contribution in [3.8, 4) is 0 Å². The van der Waals surface area contributed by atoms with Crippen LogP contribution in [0, 0.1) is 0 Å². The molecule has 2 atom stereocenters. The predicted octanol–water partition coefficient (Wildman–Crippen LogP) is 2.37. The van der Waals surface area contributed by atoms with Crippen LogP contribution in [-0.4, -0.2) is 53.3 Å². The summed E-state index contributed by atoms with van der Waals surface area (Å²) in [7, 11) is 0. The largest absolute Gasteiger partial charge is 0.377 e. The first kappa shape index (κ1) is 16.7. The average Bonchev–Trinajstić information content (AvgIpc) is 3.07. The van der Waals surface area contributed by atoms with Gasteiger partial charge in [-0.25, -0.2) is 0 Å². The minimum absolute atomic E-state index is 0.0299. The molecule has 2 fully saturated rings. The maximum Gasteiger partial charge on any atom is 0.227 e. The second-order valence-corrected chi connectivity index (χ2v) is 7.80. The van der Waals surface area contributed by atoms with Crippen molar-refractivity contribution in [1.29, 1.82) is 0 Å². The molecule has 1 aromatic heterocycles. The molecular formula is C17H30N4O2. The standard InChI is InChI=1S/C17H30N4O2/c1-13-11-20(8-6-10-22-13)16-19-18-15(17(2,3)4)21(16)12-14-7-5-9-23-14/h13-14H,5-12H2,1-4H3. The van der Waals surface area contributed by atoms with Crippen LogP contribution in [0.25, 0.3) is 0 Å². The summed E-state index contributed by atoms with van der Waals surface area (Å²) in [4.78, 5) is 2.33. The number of hydrogen-bond donors (Lipinski definition) is 0. The van der Waals surface area contributed by atoms with E-state index >= 15 is 0 Å². The summed E-state index contributed by atoms with van der Waals surface area (Å²) in [5.74, 6) is 2.02. The molecule has 2 aliphatic heterocycles. The Kier molecular flexibility index (Phi) is 4.92. The predicted molar refractivity (Wildman–Crippen MR) is 89.9 cm³/mol. The molecule has 2 aliphatic rings. The third kappa shape index (κ3) is 3.86. The first-order valence-corrected chi connectivity index (χ1v) is 8.87.